The minimum absolute atomic E-state index is 0.170. The van der Waals surface area contributed by atoms with Crippen molar-refractivity contribution in [3.05, 3.63) is 27.1 Å². The van der Waals surface area contributed by atoms with E-state index in [1.54, 1.807) is 0 Å². The zero-order valence-electron chi connectivity index (χ0n) is 6.79. The predicted octanol–water partition coefficient (Wildman–Crippen LogP) is 5.66. The Kier molecular flexibility index (Phi) is 3.72. The van der Waals surface area contributed by atoms with Gasteiger partial charge < -0.3 is 0 Å². The normalized spacial score (nSPS) is 14.1. The van der Waals surface area contributed by atoms with Crippen molar-refractivity contribution in [2.75, 3.05) is 0 Å². The zero-order valence-corrected chi connectivity index (χ0v) is 10.8. The van der Waals surface area contributed by atoms with E-state index in [-0.39, 0.29) is 8.95 Å². The zero-order chi connectivity index (χ0) is 11.9. The molecule has 8 heteroatoms. The van der Waals surface area contributed by atoms with E-state index in [1.165, 1.54) is 6.07 Å². The summed E-state index contributed by atoms with van der Waals surface area (Å²) in [5, 5.41) is 0. The molecule has 1 rings (SSSR count). The van der Waals surface area contributed by atoms with Gasteiger partial charge in [-0.2, -0.15) is 13.2 Å². The van der Waals surface area contributed by atoms with Crippen LogP contribution >= 0.6 is 42.7 Å². The molecular weight excluding hydrogens is 371 g/mol. The van der Waals surface area contributed by atoms with Crippen molar-refractivity contribution in [2.45, 2.75) is 10.4 Å². The van der Waals surface area contributed by atoms with Crippen molar-refractivity contribution < 1.29 is 20.9 Å². The van der Waals surface area contributed by atoms with Crippen LogP contribution in [0.4, 0.5) is 20.9 Å². The fraction of sp³-hybridized carbons (Fsp3) is 0.143. The summed E-state index contributed by atoms with van der Waals surface area (Å²) in [6, 6.07) is 2.93. The van der Waals surface area contributed by atoms with Crippen molar-refractivity contribution in [1.82, 2.24) is 0 Å². The molecule has 1 aromatic rings. The lowest BCUT2D eigenvalue weighted by Crippen LogP contribution is -2.12. The lowest BCUT2D eigenvalue weighted by atomic mass is 10.4. The first-order valence-electron chi connectivity index (χ1n) is 3.39. The molecule has 86 valence electrons. The summed E-state index contributed by atoms with van der Waals surface area (Å²) in [6.45, 7) is 0. The van der Waals surface area contributed by atoms with Crippen molar-refractivity contribution in [1.29, 1.82) is 0 Å². The van der Waals surface area contributed by atoms with E-state index in [2.05, 4.69) is 31.9 Å². The SMILES string of the molecule is FC(F)(F)S(F)(F)c1cc(Br)cc(Br)c1. The molecule has 0 saturated heterocycles. The van der Waals surface area contributed by atoms with Crippen LogP contribution in [0.5, 0.6) is 0 Å². The van der Waals surface area contributed by atoms with E-state index in [4.69, 9.17) is 0 Å². The van der Waals surface area contributed by atoms with Crippen molar-refractivity contribution in [2.24, 2.45) is 0 Å². The minimum atomic E-state index is -5.78. The molecule has 0 aliphatic heterocycles. The van der Waals surface area contributed by atoms with Gasteiger partial charge in [-0.25, -0.2) is 0 Å². The van der Waals surface area contributed by atoms with Crippen LogP contribution in [0, 0.1) is 0 Å². The number of alkyl halides is 3. The smallest absolute Gasteiger partial charge is 0.157 e. The Balaban J connectivity index is 3.27. The van der Waals surface area contributed by atoms with Gasteiger partial charge in [0.25, 0.3) is 0 Å². The number of benzene rings is 1. The molecule has 0 nitrogen and oxygen atoms in total. The quantitative estimate of drug-likeness (QED) is 0.557. The molecule has 0 spiro atoms. The van der Waals surface area contributed by atoms with Gasteiger partial charge >= 0.3 is 5.51 Å². The summed E-state index contributed by atoms with van der Waals surface area (Å²) in [4.78, 5) is -1.02. The molecule has 0 saturated carbocycles. The maximum Gasteiger partial charge on any atom is 0.482 e. The first kappa shape index (κ1) is 13.2. The fourth-order valence-corrected chi connectivity index (χ4v) is 3.22. The molecule has 0 aliphatic carbocycles. The van der Waals surface area contributed by atoms with Crippen molar-refractivity contribution >= 4 is 42.7 Å². The third-order valence-corrected chi connectivity index (χ3v) is 3.75. The highest BCUT2D eigenvalue weighted by molar-refractivity contribution is 9.11. The van der Waals surface area contributed by atoms with Crippen molar-refractivity contribution in [3.8, 4) is 0 Å². The molecule has 0 aromatic heterocycles. The minimum Gasteiger partial charge on any atom is -0.157 e. The molecule has 0 amide bonds. The van der Waals surface area contributed by atoms with Crippen LogP contribution in [0.2, 0.25) is 0 Å². The molecule has 0 aliphatic rings. The highest BCUT2D eigenvalue weighted by atomic mass is 79.9. The maximum atomic E-state index is 12.9. The van der Waals surface area contributed by atoms with Crippen LogP contribution < -0.4 is 0 Å². The molecule has 1 aromatic carbocycles. The monoisotopic (exact) mass is 372 g/mol. The number of rotatable bonds is 1. The molecule has 0 unspecified atom stereocenters. The van der Waals surface area contributed by atoms with Gasteiger partial charge in [-0.3, -0.25) is 0 Å². The van der Waals surface area contributed by atoms with Crippen molar-refractivity contribution in [3.63, 3.8) is 0 Å². The fourth-order valence-electron chi connectivity index (χ4n) is 0.810. The summed E-state index contributed by atoms with van der Waals surface area (Å²) in [6.07, 6.45) is 0. The third kappa shape index (κ3) is 2.85. The van der Waals surface area contributed by atoms with Crippen LogP contribution in [0.15, 0.2) is 32.0 Å². The lowest BCUT2D eigenvalue weighted by Gasteiger charge is -2.23. The Bertz CT molecular complexity index is 356. The highest BCUT2D eigenvalue weighted by Gasteiger charge is 2.54. The summed E-state index contributed by atoms with van der Waals surface area (Å²) >= 11 is 5.71. The summed E-state index contributed by atoms with van der Waals surface area (Å²) in [7, 11) is -5.78. The number of hydrogen-bond donors (Lipinski definition) is 0. The first-order chi connectivity index (χ1) is 6.64. The van der Waals surface area contributed by atoms with Crippen LogP contribution in [0.1, 0.15) is 0 Å². The summed E-state index contributed by atoms with van der Waals surface area (Å²) in [5.74, 6) is 0. The summed E-state index contributed by atoms with van der Waals surface area (Å²) < 4.78 is 62.3. The maximum absolute atomic E-state index is 12.9. The standard InChI is InChI=1S/C7H3Br2F5S/c8-4-1-5(9)3-6(2-4)15(13,14)7(10,11)12/h1-3H. The molecule has 0 atom stereocenters. The molecule has 0 N–H and O–H groups in total. The Hall–Kier alpha value is 0.180. The van der Waals surface area contributed by atoms with Gasteiger partial charge in [-0.1, -0.05) is 31.9 Å². The van der Waals surface area contributed by atoms with E-state index < -0.39 is 21.2 Å². The Morgan fingerprint density at radius 2 is 1.33 bits per heavy atom. The highest BCUT2D eigenvalue weighted by Crippen LogP contribution is 2.70. The average molecular weight is 374 g/mol. The predicted molar refractivity (Wildman–Crippen MR) is 56.0 cm³/mol. The Morgan fingerprint density at radius 3 is 1.67 bits per heavy atom. The van der Waals surface area contributed by atoms with E-state index in [0.29, 0.717) is 0 Å². The summed E-state index contributed by atoms with van der Waals surface area (Å²) in [5.41, 5.74) is -5.51. The second-order valence-electron chi connectivity index (χ2n) is 2.52. The van der Waals surface area contributed by atoms with E-state index >= 15 is 0 Å². The average Bonchev–Trinajstić information content (AvgIpc) is 1.99. The van der Waals surface area contributed by atoms with Crippen LogP contribution in [-0.4, -0.2) is 5.51 Å². The topological polar surface area (TPSA) is 0 Å². The molecule has 0 bridgehead atoms. The lowest BCUT2D eigenvalue weighted by molar-refractivity contribution is -0.0463. The van der Waals surface area contributed by atoms with Gasteiger partial charge in [-0.05, 0) is 18.2 Å². The van der Waals surface area contributed by atoms with Gasteiger partial charge in [0.1, 0.15) is 0 Å². The number of hydrogen-bond acceptors (Lipinski definition) is 0. The van der Waals surface area contributed by atoms with Gasteiger partial charge in [-0.15, -0.1) is 7.77 Å². The Morgan fingerprint density at radius 1 is 0.933 bits per heavy atom. The second kappa shape index (κ2) is 4.21. The second-order valence-corrected chi connectivity index (χ2v) is 6.22. The van der Waals surface area contributed by atoms with E-state index in [0.717, 1.165) is 12.1 Å². The van der Waals surface area contributed by atoms with Gasteiger partial charge in [0.15, 0.2) is 10.8 Å². The van der Waals surface area contributed by atoms with E-state index in [1.807, 2.05) is 0 Å². The van der Waals surface area contributed by atoms with Crippen LogP contribution in [-0.2, 0) is 0 Å². The molecule has 15 heavy (non-hydrogen) atoms. The van der Waals surface area contributed by atoms with Gasteiger partial charge in [0.2, 0.25) is 0 Å². The molecule has 0 heterocycles. The molecule has 0 radical (unpaired) electrons. The van der Waals surface area contributed by atoms with Gasteiger partial charge in [0, 0.05) is 8.95 Å². The Labute approximate surface area is 101 Å². The first-order valence-corrected chi connectivity index (χ1v) is 6.41. The largest absolute Gasteiger partial charge is 0.482 e. The van der Waals surface area contributed by atoms with Crippen LogP contribution in [0.25, 0.3) is 0 Å². The number of halogens is 7. The molecule has 0 fully saturated rings. The molecular formula is C7H3Br2F5S. The van der Waals surface area contributed by atoms with E-state index in [9.17, 15) is 20.9 Å². The van der Waals surface area contributed by atoms with Crippen LogP contribution in [0.3, 0.4) is 0 Å². The van der Waals surface area contributed by atoms with Gasteiger partial charge in [0.05, 0.1) is 4.90 Å². The third-order valence-electron chi connectivity index (χ3n) is 1.42.